The second-order valence-corrected chi connectivity index (χ2v) is 6.30. The standard InChI is InChI=1S/C17H16BrN7O/c1-3-9-13(18)12-15(21-9)24-17(25-16(12)26-4-2)23-11-8-20-10-6-5-7-19-14(10)22-11/h5-8H,3-4H2,1-2H3,(H2,19,21,22,23,24,25). The fourth-order valence-corrected chi connectivity index (χ4v) is 3.38. The molecule has 9 heteroatoms. The van der Waals surface area contributed by atoms with Crippen LogP contribution in [0.2, 0.25) is 0 Å². The largest absolute Gasteiger partial charge is 0.477 e. The number of aromatic amines is 1. The number of nitrogens with one attached hydrogen (secondary N) is 2. The zero-order valence-corrected chi connectivity index (χ0v) is 15.8. The predicted molar refractivity (Wildman–Crippen MR) is 103 cm³/mol. The van der Waals surface area contributed by atoms with E-state index in [2.05, 4.69) is 58.1 Å². The minimum atomic E-state index is 0.377. The Kier molecular flexibility index (Phi) is 4.37. The molecule has 0 aliphatic heterocycles. The van der Waals surface area contributed by atoms with E-state index in [9.17, 15) is 0 Å². The molecular formula is C17H16BrN7O. The highest BCUT2D eigenvalue weighted by Crippen LogP contribution is 2.34. The van der Waals surface area contributed by atoms with Crippen molar-refractivity contribution < 1.29 is 4.74 Å². The Balaban J connectivity index is 1.77. The van der Waals surface area contributed by atoms with Crippen LogP contribution in [-0.4, -0.2) is 36.5 Å². The highest BCUT2D eigenvalue weighted by molar-refractivity contribution is 9.10. The summed E-state index contributed by atoms with van der Waals surface area (Å²) in [5, 5.41) is 3.92. The fraction of sp³-hybridized carbons (Fsp3) is 0.235. The van der Waals surface area contributed by atoms with Crippen LogP contribution in [0, 0.1) is 0 Å². The normalized spacial score (nSPS) is 11.2. The summed E-state index contributed by atoms with van der Waals surface area (Å²) in [5.41, 5.74) is 3.02. The molecule has 0 amide bonds. The Labute approximate surface area is 157 Å². The van der Waals surface area contributed by atoms with Crippen molar-refractivity contribution in [1.29, 1.82) is 0 Å². The minimum Gasteiger partial charge on any atom is -0.477 e. The lowest BCUT2D eigenvalue weighted by molar-refractivity contribution is 0.331. The third-order valence-electron chi connectivity index (χ3n) is 3.82. The van der Waals surface area contributed by atoms with E-state index in [1.54, 1.807) is 12.4 Å². The number of aryl methyl sites for hydroxylation is 1. The van der Waals surface area contributed by atoms with Crippen LogP contribution in [0.15, 0.2) is 29.0 Å². The molecule has 26 heavy (non-hydrogen) atoms. The van der Waals surface area contributed by atoms with Crippen molar-refractivity contribution in [3.05, 3.63) is 34.7 Å². The lowest BCUT2D eigenvalue weighted by Gasteiger charge is -2.08. The molecule has 4 aromatic heterocycles. The molecule has 4 rings (SSSR count). The van der Waals surface area contributed by atoms with E-state index < -0.39 is 0 Å². The van der Waals surface area contributed by atoms with Gasteiger partial charge in [0, 0.05) is 11.9 Å². The Morgan fingerprint density at radius 1 is 1.19 bits per heavy atom. The van der Waals surface area contributed by atoms with Gasteiger partial charge in [-0.05, 0) is 41.4 Å². The van der Waals surface area contributed by atoms with Gasteiger partial charge < -0.3 is 15.0 Å². The van der Waals surface area contributed by atoms with Crippen LogP contribution in [0.25, 0.3) is 22.2 Å². The van der Waals surface area contributed by atoms with Crippen LogP contribution in [0.3, 0.4) is 0 Å². The van der Waals surface area contributed by atoms with Crippen molar-refractivity contribution in [3.63, 3.8) is 0 Å². The van der Waals surface area contributed by atoms with Crippen molar-refractivity contribution >= 4 is 49.9 Å². The molecule has 8 nitrogen and oxygen atoms in total. The second-order valence-electron chi connectivity index (χ2n) is 5.51. The number of ether oxygens (including phenoxy) is 1. The summed E-state index contributed by atoms with van der Waals surface area (Å²) in [6.45, 7) is 4.49. The van der Waals surface area contributed by atoms with Crippen LogP contribution < -0.4 is 10.1 Å². The van der Waals surface area contributed by atoms with Crippen LogP contribution in [0.4, 0.5) is 11.8 Å². The Hall–Kier alpha value is -2.81. The van der Waals surface area contributed by atoms with Crippen LogP contribution in [0.5, 0.6) is 5.88 Å². The number of nitrogens with zero attached hydrogens (tertiary/aromatic N) is 5. The summed E-state index contributed by atoms with van der Waals surface area (Å²) in [4.78, 5) is 25.3. The first-order valence-corrected chi connectivity index (χ1v) is 9.04. The van der Waals surface area contributed by atoms with Crippen LogP contribution in [0.1, 0.15) is 19.5 Å². The van der Waals surface area contributed by atoms with Gasteiger partial charge in [0.25, 0.3) is 0 Å². The molecule has 0 atom stereocenters. The minimum absolute atomic E-state index is 0.377. The Morgan fingerprint density at radius 2 is 2.08 bits per heavy atom. The van der Waals surface area contributed by atoms with E-state index in [4.69, 9.17) is 4.74 Å². The van der Waals surface area contributed by atoms with Gasteiger partial charge in [0.1, 0.15) is 11.2 Å². The van der Waals surface area contributed by atoms with Crippen molar-refractivity contribution in [2.24, 2.45) is 0 Å². The number of pyridine rings is 1. The summed E-state index contributed by atoms with van der Waals surface area (Å²) in [6, 6.07) is 3.68. The topological polar surface area (TPSA) is 102 Å². The Morgan fingerprint density at radius 3 is 2.88 bits per heavy atom. The zero-order chi connectivity index (χ0) is 18.1. The molecule has 132 valence electrons. The molecule has 0 radical (unpaired) electrons. The summed E-state index contributed by atoms with van der Waals surface area (Å²) in [5.74, 6) is 1.40. The smallest absolute Gasteiger partial charge is 0.233 e. The zero-order valence-electron chi connectivity index (χ0n) is 14.2. The molecule has 0 aliphatic rings. The number of aromatic nitrogens is 6. The molecule has 0 saturated heterocycles. The van der Waals surface area contributed by atoms with Gasteiger partial charge >= 0.3 is 0 Å². The molecule has 0 fully saturated rings. The lowest BCUT2D eigenvalue weighted by atomic mass is 10.3. The number of hydrogen-bond acceptors (Lipinski definition) is 7. The third-order valence-corrected chi connectivity index (χ3v) is 4.70. The summed E-state index contributed by atoms with van der Waals surface area (Å²) in [6.07, 6.45) is 4.15. The van der Waals surface area contributed by atoms with Crippen molar-refractivity contribution in [1.82, 2.24) is 29.9 Å². The van der Waals surface area contributed by atoms with Crippen molar-refractivity contribution in [2.45, 2.75) is 20.3 Å². The molecule has 0 aliphatic carbocycles. The number of rotatable bonds is 5. The maximum Gasteiger partial charge on any atom is 0.233 e. The molecule has 0 aromatic carbocycles. The molecule has 0 saturated carbocycles. The molecule has 0 unspecified atom stereocenters. The summed E-state index contributed by atoms with van der Waals surface area (Å²) >= 11 is 3.61. The number of halogens is 1. The quantitative estimate of drug-likeness (QED) is 0.513. The van der Waals surface area contributed by atoms with Gasteiger partial charge in [0.2, 0.25) is 11.8 Å². The van der Waals surface area contributed by atoms with Crippen molar-refractivity contribution in [3.8, 4) is 5.88 Å². The third kappa shape index (κ3) is 2.94. The van der Waals surface area contributed by atoms with E-state index in [-0.39, 0.29) is 0 Å². The lowest BCUT2D eigenvalue weighted by Crippen LogP contribution is -2.03. The molecule has 4 heterocycles. The highest BCUT2D eigenvalue weighted by Gasteiger charge is 2.17. The Bertz CT molecular complexity index is 1100. The SMILES string of the molecule is CCOc1nc(Nc2cnc3cccnc3n2)nc2[nH]c(CC)c(Br)c12. The van der Waals surface area contributed by atoms with Gasteiger partial charge in [0.15, 0.2) is 11.5 Å². The van der Waals surface area contributed by atoms with Gasteiger partial charge in [-0.25, -0.2) is 15.0 Å². The number of anilines is 2. The van der Waals surface area contributed by atoms with Gasteiger partial charge in [-0.1, -0.05) is 6.92 Å². The van der Waals surface area contributed by atoms with E-state index in [0.717, 1.165) is 27.5 Å². The molecule has 0 bridgehead atoms. The summed E-state index contributed by atoms with van der Waals surface area (Å²) < 4.78 is 6.65. The fourth-order valence-electron chi connectivity index (χ4n) is 2.64. The molecule has 0 spiro atoms. The molecule has 4 aromatic rings. The average Bonchev–Trinajstić information content (AvgIpc) is 2.98. The first kappa shape index (κ1) is 16.6. The van der Waals surface area contributed by atoms with Crippen molar-refractivity contribution in [2.75, 3.05) is 11.9 Å². The predicted octanol–water partition coefficient (Wildman–Crippen LogP) is 3.76. The van der Waals surface area contributed by atoms with E-state index >= 15 is 0 Å². The van der Waals surface area contributed by atoms with Gasteiger partial charge in [-0.15, -0.1) is 0 Å². The van der Waals surface area contributed by atoms with Gasteiger partial charge in [-0.2, -0.15) is 9.97 Å². The van der Waals surface area contributed by atoms with Gasteiger partial charge in [0.05, 0.1) is 22.7 Å². The molecule has 2 N–H and O–H groups in total. The van der Waals surface area contributed by atoms with Crippen LogP contribution >= 0.6 is 15.9 Å². The first-order chi connectivity index (χ1) is 12.7. The number of fused-ring (bicyclic) bond motifs is 2. The maximum absolute atomic E-state index is 5.72. The highest BCUT2D eigenvalue weighted by atomic mass is 79.9. The second kappa shape index (κ2) is 6.83. The number of hydrogen-bond donors (Lipinski definition) is 2. The van der Waals surface area contributed by atoms with E-state index in [1.165, 1.54) is 0 Å². The first-order valence-electron chi connectivity index (χ1n) is 8.25. The summed E-state index contributed by atoms with van der Waals surface area (Å²) in [7, 11) is 0. The maximum atomic E-state index is 5.72. The average molecular weight is 414 g/mol. The van der Waals surface area contributed by atoms with Gasteiger partial charge in [-0.3, -0.25) is 0 Å². The van der Waals surface area contributed by atoms with Crippen LogP contribution in [-0.2, 0) is 6.42 Å². The number of H-pyrrole nitrogens is 1. The monoisotopic (exact) mass is 413 g/mol. The van der Waals surface area contributed by atoms with E-state index in [0.29, 0.717) is 35.5 Å². The molecular weight excluding hydrogens is 398 g/mol. The van der Waals surface area contributed by atoms with E-state index in [1.807, 2.05) is 19.1 Å².